The number of esters is 1. The summed E-state index contributed by atoms with van der Waals surface area (Å²) >= 11 is 0. The van der Waals surface area contributed by atoms with Crippen molar-refractivity contribution in [2.45, 2.75) is 39.5 Å². The van der Waals surface area contributed by atoms with Crippen molar-refractivity contribution in [1.82, 2.24) is 14.7 Å². The number of aryl methyl sites for hydroxylation is 2. The van der Waals surface area contributed by atoms with E-state index in [2.05, 4.69) is 27.4 Å². The minimum Gasteiger partial charge on any atom is -0.494 e. The molecule has 1 aromatic carbocycles. The van der Waals surface area contributed by atoms with Crippen molar-refractivity contribution in [3.05, 3.63) is 41.6 Å². The second kappa shape index (κ2) is 11.7. The van der Waals surface area contributed by atoms with Crippen molar-refractivity contribution in [2.75, 3.05) is 38.2 Å². The van der Waals surface area contributed by atoms with E-state index in [1.54, 1.807) is 14.0 Å². The van der Waals surface area contributed by atoms with Crippen molar-refractivity contribution < 1.29 is 19.1 Å². The van der Waals surface area contributed by atoms with E-state index >= 15 is 0 Å². The standard InChI is InChI=1S/C24H34N4O4/c1-4-31-20-10-8-18(9-11-20)6-7-19-12-14-28(15-13-19)17-22(29)26-23-21(16-25-27(23)3)24(30)32-5-2/h8-11,16,19H,4-7,12-15,17H2,1-3H3,(H,26,29). The van der Waals surface area contributed by atoms with Gasteiger partial charge in [0.15, 0.2) is 0 Å². The maximum absolute atomic E-state index is 12.6. The Morgan fingerprint density at radius 1 is 1.12 bits per heavy atom. The summed E-state index contributed by atoms with van der Waals surface area (Å²) in [6.07, 6.45) is 5.82. The summed E-state index contributed by atoms with van der Waals surface area (Å²) in [4.78, 5) is 26.8. The summed E-state index contributed by atoms with van der Waals surface area (Å²) in [7, 11) is 1.69. The van der Waals surface area contributed by atoms with Crippen LogP contribution in [0.1, 0.15) is 49.0 Å². The zero-order valence-electron chi connectivity index (χ0n) is 19.3. The molecule has 1 N–H and O–H groups in total. The maximum Gasteiger partial charge on any atom is 0.343 e. The molecule has 0 saturated carbocycles. The number of hydrogen-bond donors (Lipinski definition) is 1. The molecule has 3 rings (SSSR count). The van der Waals surface area contributed by atoms with Gasteiger partial charge < -0.3 is 14.8 Å². The number of nitrogens with one attached hydrogen (secondary N) is 1. The van der Waals surface area contributed by atoms with Gasteiger partial charge in [-0.1, -0.05) is 12.1 Å². The number of ether oxygens (including phenoxy) is 2. The van der Waals surface area contributed by atoms with Crippen LogP contribution in [0, 0.1) is 5.92 Å². The molecule has 1 aliphatic heterocycles. The lowest BCUT2D eigenvalue weighted by molar-refractivity contribution is -0.117. The number of hydrogen-bond acceptors (Lipinski definition) is 6. The molecule has 0 radical (unpaired) electrons. The normalized spacial score (nSPS) is 14.8. The maximum atomic E-state index is 12.6. The van der Waals surface area contributed by atoms with Gasteiger partial charge in [0.25, 0.3) is 0 Å². The molecule has 174 valence electrons. The van der Waals surface area contributed by atoms with E-state index in [0.29, 0.717) is 24.9 Å². The summed E-state index contributed by atoms with van der Waals surface area (Å²) in [5.41, 5.74) is 1.61. The van der Waals surface area contributed by atoms with Crippen LogP contribution in [-0.2, 0) is 23.0 Å². The predicted octanol–water partition coefficient (Wildman–Crippen LogP) is 3.28. The Balaban J connectivity index is 1.42. The van der Waals surface area contributed by atoms with Crippen molar-refractivity contribution in [2.24, 2.45) is 13.0 Å². The molecule has 2 heterocycles. The van der Waals surface area contributed by atoms with Gasteiger partial charge in [0.2, 0.25) is 5.91 Å². The second-order valence-electron chi connectivity index (χ2n) is 8.13. The fourth-order valence-corrected chi connectivity index (χ4v) is 4.04. The number of nitrogens with zero attached hydrogens (tertiary/aromatic N) is 3. The minimum absolute atomic E-state index is 0.146. The Kier molecular flexibility index (Phi) is 8.67. The summed E-state index contributed by atoms with van der Waals surface area (Å²) in [5, 5.41) is 6.90. The number of benzene rings is 1. The predicted molar refractivity (Wildman–Crippen MR) is 123 cm³/mol. The minimum atomic E-state index is -0.482. The van der Waals surface area contributed by atoms with Crippen LogP contribution < -0.4 is 10.1 Å². The van der Waals surface area contributed by atoms with Gasteiger partial charge in [-0.3, -0.25) is 14.4 Å². The summed E-state index contributed by atoms with van der Waals surface area (Å²) in [5.74, 6) is 1.34. The first-order chi connectivity index (χ1) is 15.5. The highest BCUT2D eigenvalue weighted by Gasteiger charge is 2.23. The van der Waals surface area contributed by atoms with E-state index in [1.807, 2.05) is 19.1 Å². The third-order valence-electron chi connectivity index (χ3n) is 5.84. The van der Waals surface area contributed by atoms with E-state index in [-0.39, 0.29) is 18.1 Å². The van der Waals surface area contributed by atoms with E-state index in [1.165, 1.54) is 16.4 Å². The van der Waals surface area contributed by atoms with Gasteiger partial charge in [-0.25, -0.2) is 4.79 Å². The highest BCUT2D eigenvalue weighted by Crippen LogP contribution is 2.23. The molecule has 1 aromatic heterocycles. The quantitative estimate of drug-likeness (QED) is 0.569. The monoisotopic (exact) mass is 442 g/mol. The fourth-order valence-electron chi connectivity index (χ4n) is 4.04. The van der Waals surface area contributed by atoms with Gasteiger partial charge in [0, 0.05) is 7.05 Å². The molecule has 1 aliphatic rings. The SMILES string of the molecule is CCOC(=O)c1cnn(C)c1NC(=O)CN1CCC(CCc2ccc(OCC)cc2)CC1. The van der Waals surface area contributed by atoms with Crippen LogP contribution in [0.3, 0.4) is 0 Å². The average molecular weight is 443 g/mol. The molecule has 8 nitrogen and oxygen atoms in total. The highest BCUT2D eigenvalue weighted by molar-refractivity contribution is 6.00. The largest absolute Gasteiger partial charge is 0.494 e. The first kappa shape index (κ1) is 23.8. The molecule has 0 atom stereocenters. The number of carbonyl (C=O) groups is 2. The average Bonchev–Trinajstić information content (AvgIpc) is 3.15. The highest BCUT2D eigenvalue weighted by atomic mass is 16.5. The van der Waals surface area contributed by atoms with Crippen LogP contribution in [0.2, 0.25) is 0 Å². The molecule has 32 heavy (non-hydrogen) atoms. The zero-order chi connectivity index (χ0) is 22.9. The van der Waals surface area contributed by atoms with Gasteiger partial charge in [-0.05, 0) is 76.2 Å². The van der Waals surface area contributed by atoms with Crippen LogP contribution in [0.4, 0.5) is 5.82 Å². The molecular formula is C24H34N4O4. The van der Waals surface area contributed by atoms with Gasteiger partial charge in [-0.2, -0.15) is 5.10 Å². The Morgan fingerprint density at radius 2 is 1.84 bits per heavy atom. The van der Waals surface area contributed by atoms with Crippen LogP contribution in [0.5, 0.6) is 5.75 Å². The molecule has 0 bridgehead atoms. The van der Waals surface area contributed by atoms with Crippen LogP contribution in [0.25, 0.3) is 0 Å². The van der Waals surface area contributed by atoms with E-state index in [9.17, 15) is 9.59 Å². The smallest absolute Gasteiger partial charge is 0.343 e. The Morgan fingerprint density at radius 3 is 2.50 bits per heavy atom. The third-order valence-corrected chi connectivity index (χ3v) is 5.84. The van der Waals surface area contributed by atoms with Gasteiger partial charge in [-0.15, -0.1) is 0 Å². The molecule has 2 aromatic rings. The number of likely N-dealkylation sites (tertiary alicyclic amines) is 1. The number of amides is 1. The number of anilines is 1. The molecular weight excluding hydrogens is 408 g/mol. The molecule has 1 fully saturated rings. The Labute approximate surface area is 189 Å². The van der Waals surface area contributed by atoms with Crippen molar-refractivity contribution in [3.8, 4) is 5.75 Å². The third kappa shape index (κ3) is 6.56. The number of carbonyl (C=O) groups excluding carboxylic acids is 2. The lowest BCUT2D eigenvalue weighted by Crippen LogP contribution is -2.39. The molecule has 1 amide bonds. The van der Waals surface area contributed by atoms with E-state index in [4.69, 9.17) is 9.47 Å². The van der Waals surface area contributed by atoms with Gasteiger partial charge >= 0.3 is 5.97 Å². The van der Waals surface area contributed by atoms with E-state index in [0.717, 1.165) is 44.5 Å². The number of aromatic nitrogens is 2. The Hall–Kier alpha value is -2.87. The first-order valence-corrected chi connectivity index (χ1v) is 11.4. The zero-order valence-corrected chi connectivity index (χ0v) is 19.3. The molecule has 0 aliphatic carbocycles. The van der Waals surface area contributed by atoms with Gasteiger partial charge in [0.05, 0.1) is 26.0 Å². The molecule has 0 unspecified atom stereocenters. The number of rotatable bonds is 10. The lowest BCUT2D eigenvalue weighted by atomic mass is 9.90. The fraction of sp³-hybridized carbons (Fsp3) is 0.542. The molecule has 8 heteroatoms. The molecule has 1 saturated heterocycles. The van der Waals surface area contributed by atoms with E-state index < -0.39 is 5.97 Å². The summed E-state index contributed by atoms with van der Waals surface area (Å²) in [6.45, 7) is 6.80. The van der Waals surface area contributed by atoms with Crippen molar-refractivity contribution in [1.29, 1.82) is 0 Å². The van der Waals surface area contributed by atoms with Crippen LogP contribution in [0.15, 0.2) is 30.5 Å². The molecule has 0 spiro atoms. The Bertz CT molecular complexity index is 886. The van der Waals surface area contributed by atoms with Crippen LogP contribution in [-0.4, -0.2) is 59.4 Å². The summed E-state index contributed by atoms with van der Waals surface area (Å²) < 4.78 is 12.0. The van der Waals surface area contributed by atoms with Crippen molar-refractivity contribution in [3.63, 3.8) is 0 Å². The number of piperidine rings is 1. The lowest BCUT2D eigenvalue weighted by Gasteiger charge is -2.31. The van der Waals surface area contributed by atoms with Crippen molar-refractivity contribution >= 4 is 17.7 Å². The summed E-state index contributed by atoms with van der Waals surface area (Å²) in [6, 6.07) is 8.37. The second-order valence-corrected chi connectivity index (χ2v) is 8.13. The first-order valence-electron chi connectivity index (χ1n) is 11.4. The topological polar surface area (TPSA) is 85.7 Å². The van der Waals surface area contributed by atoms with Crippen LogP contribution >= 0.6 is 0 Å². The van der Waals surface area contributed by atoms with Gasteiger partial charge in [0.1, 0.15) is 17.1 Å².